The highest BCUT2D eigenvalue weighted by atomic mass is 35.5. The van der Waals surface area contributed by atoms with E-state index in [0.29, 0.717) is 5.15 Å². The lowest BCUT2D eigenvalue weighted by Gasteiger charge is -2.25. The lowest BCUT2D eigenvalue weighted by Crippen LogP contribution is -2.26. The Bertz CT molecular complexity index is 439. The summed E-state index contributed by atoms with van der Waals surface area (Å²) in [7, 11) is 0. The summed E-state index contributed by atoms with van der Waals surface area (Å²) < 4.78 is 0. The van der Waals surface area contributed by atoms with Crippen LogP contribution in [0.5, 0.6) is 0 Å². The summed E-state index contributed by atoms with van der Waals surface area (Å²) in [6, 6.07) is 1.86. The molecule has 0 radical (unpaired) electrons. The van der Waals surface area contributed by atoms with Gasteiger partial charge in [0.1, 0.15) is 5.15 Å². The average Bonchev–Trinajstić information content (AvgIpc) is 2.34. The summed E-state index contributed by atoms with van der Waals surface area (Å²) >= 11 is 5.86. The number of pyridine rings is 1. The number of halogens is 1. The molecule has 1 N–H and O–H groups in total. The molecule has 0 saturated heterocycles. The van der Waals surface area contributed by atoms with E-state index in [1.165, 1.54) is 0 Å². The zero-order chi connectivity index (χ0) is 13.1. The highest BCUT2D eigenvalue weighted by Gasteiger charge is 2.24. The second-order valence-corrected chi connectivity index (χ2v) is 5.64. The summed E-state index contributed by atoms with van der Waals surface area (Å²) in [5.74, 6) is 1.02. The molecule has 1 aromatic heterocycles. The number of carbonyl (C=O) groups is 1. The van der Waals surface area contributed by atoms with E-state index in [0.717, 1.165) is 42.9 Å². The second kappa shape index (κ2) is 5.70. The van der Waals surface area contributed by atoms with E-state index in [1.54, 1.807) is 6.20 Å². The summed E-state index contributed by atoms with van der Waals surface area (Å²) in [5.41, 5.74) is 1.62. The van der Waals surface area contributed by atoms with Crippen molar-refractivity contribution in [1.29, 1.82) is 0 Å². The van der Waals surface area contributed by atoms with Crippen LogP contribution in [0, 0.1) is 18.8 Å². The van der Waals surface area contributed by atoms with Gasteiger partial charge in [0.15, 0.2) is 0 Å². The Morgan fingerprint density at radius 2 is 2.06 bits per heavy atom. The number of rotatable bonds is 2. The van der Waals surface area contributed by atoms with E-state index < -0.39 is 0 Å². The zero-order valence-corrected chi connectivity index (χ0v) is 11.6. The Morgan fingerprint density at radius 1 is 1.39 bits per heavy atom. The van der Waals surface area contributed by atoms with Gasteiger partial charge in [-0.25, -0.2) is 4.98 Å². The van der Waals surface area contributed by atoms with Gasteiger partial charge in [0.05, 0.1) is 11.9 Å². The number of hydrogen-bond acceptors (Lipinski definition) is 2. The molecule has 1 saturated carbocycles. The Balaban J connectivity index is 1.96. The normalized spacial score (nSPS) is 23.7. The van der Waals surface area contributed by atoms with Gasteiger partial charge in [0, 0.05) is 5.92 Å². The van der Waals surface area contributed by atoms with Gasteiger partial charge in [-0.05, 0) is 50.2 Å². The molecule has 2 rings (SSSR count). The molecule has 4 heteroatoms. The topological polar surface area (TPSA) is 42.0 Å². The predicted octanol–water partition coefficient (Wildman–Crippen LogP) is 3.81. The van der Waals surface area contributed by atoms with Crippen LogP contribution in [-0.2, 0) is 4.79 Å². The molecule has 1 aromatic rings. The number of aromatic nitrogens is 1. The summed E-state index contributed by atoms with van der Waals surface area (Å²) in [4.78, 5) is 16.1. The van der Waals surface area contributed by atoms with Crippen LogP contribution in [0.15, 0.2) is 12.3 Å². The number of amides is 1. The van der Waals surface area contributed by atoms with E-state index in [-0.39, 0.29) is 11.8 Å². The van der Waals surface area contributed by atoms with E-state index in [4.69, 9.17) is 11.6 Å². The maximum Gasteiger partial charge on any atom is 0.227 e. The Kier molecular flexibility index (Phi) is 4.23. The molecular formula is C14H19ClN2O. The molecule has 0 spiro atoms. The molecule has 0 aromatic carbocycles. The first-order chi connectivity index (χ1) is 8.56. The molecule has 1 fully saturated rings. The van der Waals surface area contributed by atoms with Crippen molar-refractivity contribution < 1.29 is 4.79 Å². The summed E-state index contributed by atoms with van der Waals surface area (Å²) in [6.07, 6.45) is 5.89. The maximum absolute atomic E-state index is 12.1. The van der Waals surface area contributed by atoms with E-state index in [2.05, 4.69) is 17.2 Å². The summed E-state index contributed by atoms with van der Waals surface area (Å²) in [5, 5.41) is 3.42. The van der Waals surface area contributed by atoms with Crippen molar-refractivity contribution in [3.05, 3.63) is 23.0 Å². The molecule has 1 aliphatic carbocycles. The van der Waals surface area contributed by atoms with Gasteiger partial charge in [-0.2, -0.15) is 0 Å². The fourth-order valence-electron chi connectivity index (χ4n) is 2.39. The molecular weight excluding hydrogens is 248 g/mol. The highest BCUT2D eigenvalue weighted by Crippen LogP contribution is 2.29. The fraction of sp³-hybridized carbons (Fsp3) is 0.571. The number of hydrogen-bond donors (Lipinski definition) is 1. The molecule has 98 valence electrons. The van der Waals surface area contributed by atoms with Gasteiger partial charge in [-0.3, -0.25) is 4.79 Å². The van der Waals surface area contributed by atoms with E-state index in [1.807, 2.05) is 13.0 Å². The molecule has 0 unspecified atom stereocenters. The van der Waals surface area contributed by atoms with Gasteiger partial charge < -0.3 is 5.32 Å². The molecule has 1 heterocycles. The molecule has 0 aliphatic heterocycles. The van der Waals surface area contributed by atoms with Crippen LogP contribution in [0.1, 0.15) is 38.2 Å². The molecule has 18 heavy (non-hydrogen) atoms. The van der Waals surface area contributed by atoms with Crippen LogP contribution < -0.4 is 5.32 Å². The molecule has 1 aliphatic rings. The monoisotopic (exact) mass is 266 g/mol. The van der Waals surface area contributed by atoms with E-state index >= 15 is 0 Å². The van der Waals surface area contributed by atoms with Gasteiger partial charge in [-0.1, -0.05) is 18.5 Å². The van der Waals surface area contributed by atoms with Crippen molar-refractivity contribution in [3.63, 3.8) is 0 Å². The Morgan fingerprint density at radius 3 is 2.67 bits per heavy atom. The smallest absolute Gasteiger partial charge is 0.227 e. The van der Waals surface area contributed by atoms with Crippen molar-refractivity contribution in [1.82, 2.24) is 4.98 Å². The third-order valence-electron chi connectivity index (χ3n) is 3.67. The fourth-order valence-corrected chi connectivity index (χ4v) is 2.50. The van der Waals surface area contributed by atoms with Crippen molar-refractivity contribution in [3.8, 4) is 0 Å². The molecule has 0 bridgehead atoms. The maximum atomic E-state index is 12.1. The van der Waals surface area contributed by atoms with E-state index in [9.17, 15) is 4.79 Å². The highest BCUT2D eigenvalue weighted by molar-refractivity contribution is 6.30. The number of nitrogens with zero attached hydrogens (tertiary/aromatic N) is 1. The van der Waals surface area contributed by atoms with Crippen molar-refractivity contribution in [2.75, 3.05) is 5.32 Å². The first-order valence-corrected chi connectivity index (χ1v) is 6.87. The standard InChI is InChI=1S/C14H19ClN2O/c1-9-3-5-11(6-4-9)14(18)17-12-7-10(2)13(15)16-8-12/h7-9,11H,3-6H2,1-2H3,(H,17,18). The predicted molar refractivity (Wildman–Crippen MR) is 73.7 cm³/mol. The van der Waals surface area contributed by atoms with Crippen LogP contribution >= 0.6 is 11.6 Å². The van der Waals surface area contributed by atoms with Crippen molar-refractivity contribution in [2.45, 2.75) is 39.5 Å². The quantitative estimate of drug-likeness (QED) is 0.827. The lowest BCUT2D eigenvalue weighted by molar-refractivity contribution is -0.121. The van der Waals surface area contributed by atoms with Gasteiger partial charge in [0.2, 0.25) is 5.91 Å². The van der Waals surface area contributed by atoms with Gasteiger partial charge in [0.25, 0.3) is 0 Å². The number of carbonyl (C=O) groups excluding carboxylic acids is 1. The summed E-state index contributed by atoms with van der Waals surface area (Å²) in [6.45, 7) is 4.13. The molecule has 1 amide bonds. The minimum absolute atomic E-state index is 0.116. The van der Waals surface area contributed by atoms with Crippen molar-refractivity contribution in [2.24, 2.45) is 11.8 Å². The Hall–Kier alpha value is -1.09. The molecule has 3 nitrogen and oxygen atoms in total. The van der Waals surface area contributed by atoms with Crippen LogP contribution in [0.25, 0.3) is 0 Å². The lowest BCUT2D eigenvalue weighted by atomic mass is 9.82. The zero-order valence-electron chi connectivity index (χ0n) is 10.9. The third-order valence-corrected chi connectivity index (χ3v) is 4.06. The van der Waals surface area contributed by atoms with Crippen LogP contribution in [0.4, 0.5) is 5.69 Å². The van der Waals surface area contributed by atoms with Gasteiger partial charge >= 0.3 is 0 Å². The average molecular weight is 267 g/mol. The minimum atomic E-state index is 0.116. The van der Waals surface area contributed by atoms with Crippen LogP contribution in [-0.4, -0.2) is 10.9 Å². The second-order valence-electron chi connectivity index (χ2n) is 5.28. The van der Waals surface area contributed by atoms with Crippen LogP contribution in [0.3, 0.4) is 0 Å². The minimum Gasteiger partial charge on any atom is -0.324 e. The number of nitrogens with one attached hydrogen (secondary N) is 1. The molecule has 0 atom stereocenters. The van der Waals surface area contributed by atoms with Crippen LogP contribution in [0.2, 0.25) is 5.15 Å². The first-order valence-electron chi connectivity index (χ1n) is 6.49. The van der Waals surface area contributed by atoms with Crippen molar-refractivity contribution >= 4 is 23.2 Å². The van der Waals surface area contributed by atoms with Gasteiger partial charge in [-0.15, -0.1) is 0 Å². The number of aryl methyl sites for hydroxylation is 1. The first kappa shape index (κ1) is 13.3. The SMILES string of the molecule is Cc1cc(NC(=O)C2CCC(C)CC2)cnc1Cl. The largest absolute Gasteiger partial charge is 0.324 e. The third kappa shape index (κ3) is 3.22. The number of anilines is 1. The Labute approximate surface area is 113 Å².